The molecule has 0 aliphatic rings. The van der Waals surface area contributed by atoms with Crippen molar-refractivity contribution in [2.24, 2.45) is 0 Å². The summed E-state index contributed by atoms with van der Waals surface area (Å²) in [6.07, 6.45) is 1.55. The van der Waals surface area contributed by atoms with Gasteiger partial charge in [0.2, 0.25) is 0 Å². The Labute approximate surface area is 130 Å². The van der Waals surface area contributed by atoms with Gasteiger partial charge < -0.3 is 10.1 Å². The zero-order chi connectivity index (χ0) is 16.6. The van der Waals surface area contributed by atoms with Crippen molar-refractivity contribution in [3.8, 4) is 0 Å². The molecule has 0 aliphatic heterocycles. The molecule has 3 N–H and O–H groups in total. The Hall–Kier alpha value is -2.87. The van der Waals surface area contributed by atoms with Gasteiger partial charge in [-0.3, -0.25) is 4.72 Å². The molecule has 3 aromatic rings. The van der Waals surface area contributed by atoms with Crippen LogP contribution in [0.25, 0.3) is 10.9 Å². The Morgan fingerprint density at radius 3 is 2.57 bits per heavy atom. The molecule has 118 valence electrons. The molecule has 2 aromatic carbocycles. The van der Waals surface area contributed by atoms with E-state index in [1.54, 1.807) is 18.3 Å². The number of rotatable bonds is 4. The third kappa shape index (κ3) is 2.64. The van der Waals surface area contributed by atoms with E-state index in [1.165, 1.54) is 18.2 Å². The largest absolute Gasteiger partial charge is 0.478 e. The van der Waals surface area contributed by atoms with Crippen LogP contribution >= 0.6 is 0 Å². The van der Waals surface area contributed by atoms with Gasteiger partial charge in [-0.15, -0.1) is 0 Å². The van der Waals surface area contributed by atoms with Crippen molar-refractivity contribution in [1.82, 2.24) is 4.98 Å². The number of carbonyl (C=O) groups is 1. The summed E-state index contributed by atoms with van der Waals surface area (Å²) in [4.78, 5) is 13.7. The molecule has 0 bridgehead atoms. The highest BCUT2D eigenvalue weighted by Gasteiger charge is 2.23. The molecular formula is C15H11FN2O4S. The number of benzene rings is 2. The fraction of sp³-hybridized carbons (Fsp3) is 0. The quantitative estimate of drug-likeness (QED) is 0.683. The molecule has 0 amide bonds. The summed E-state index contributed by atoms with van der Waals surface area (Å²) in [5.41, 5.74) is -0.0886. The topological polar surface area (TPSA) is 99.3 Å². The molecule has 0 atom stereocenters. The first-order valence-electron chi connectivity index (χ1n) is 6.51. The Balaban J connectivity index is 2.13. The smallest absolute Gasteiger partial charge is 0.339 e. The number of carboxylic acid groups (broad SMARTS) is 1. The Morgan fingerprint density at radius 2 is 1.87 bits per heavy atom. The van der Waals surface area contributed by atoms with Crippen molar-refractivity contribution in [1.29, 1.82) is 0 Å². The zero-order valence-corrected chi connectivity index (χ0v) is 12.4. The molecule has 8 heteroatoms. The number of hydrogen-bond acceptors (Lipinski definition) is 3. The number of sulfonamides is 1. The van der Waals surface area contributed by atoms with E-state index < -0.39 is 26.7 Å². The van der Waals surface area contributed by atoms with Crippen LogP contribution in [0, 0.1) is 5.82 Å². The van der Waals surface area contributed by atoms with Crippen molar-refractivity contribution in [2.75, 3.05) is 4.72 Å². The number of nitrogens with one attached hydrogen (secondary N) is 2. The predicted octanol–water partition coefficient (Wildman–Crippen LogP) is 2.81. The lowest BCUT2D eigenvalue weighted by molar-refractivity contribution is 0.0700. The molecule has 1 aromatic heterocycles. The lowest BCUT2D eigenvalue weighted by Crippen LogP contribution is -2.17. The molecule has 0 saturated heterocycles. The first-order valence-corrected chi connectivity index (χ1v) is 7.99. The third-order valence-corrected chi connectivity index (χ3v) is 4.71. The van der Waals surface area contributed by atoms with Gasteiger partial charge in [0.25, 0.3) is 10.0 Å². The lowest BCUT2D eigenvalue weighted by atomic mass is 10.1. The molecule has 0 saturated carbocycles. The van der Waals surface area contributed by atoms with E-state index >= 15 is 0 Å². The number of anilines is 1. The van der Waals surface area contributed by atoms with Gasteiger partial charge in [-0.05, 0) is 24.3 Å². The maximum atomic E-state index is 13.7. The summed E-state index contributed by atoms with van der Waals surface area (Å²) >= 11 is 0. The van der Waals surface area contributed by atoms with Gasteiger partial charge in [-0.25, -0.2) is 17.6 Å². The number of fused-ring (bicyclic) bond motifs is 1. The molecule has 1 heterocycles. The summed E-state index contributed by atoms with van der Waals surface area (Å²) in [6, 6.07) is 9.42. The van der Waals surface area contributed by atoms with Crippen LogP contribution in [0.15, 0.2) is 53.6 Å². The minimum atomic E-state index is -4.25. The van der Waals surface area contributed by atoms with Crippen molar-refractivity contribution in [2.45, 2.75) is 4.90 Å². The second-order valence-corrected chi connectivity index (χ2v) is 6.42. The Kier molecular flexibility index (Phi) is 3.53. The average molecular weight is 334 g/mol. The summed E-state index contributed by atoms with van der Waals surface area (Å²) < 4.78 is 40.5. The van der Waals surface area contributed by atoms with Gasteiger partial charge in [0.15, 0.2) is 0 Å². The Morgan fingerprint density at radius 1 is 1.13 bits per heavy atom. The molecule has 0 aliphatic carbocycles. The van der Waals surface area contributed by atoms with Gasteiger partial charge in [0, 0.05) is 11.6 Å². The summed E-state index contributed by atoms with van der Waals surface area (Å²) in [5, 5.41) is 10.00. The predicted molar refractivity (Wildman–Crippen MR) is 82.5 cm³/mol. The number of aromatic nitrogens is 1. The van der Waals surface area contributed by atoms with Crippen LogP contribution in [0.3, 0.4) is 0 Å². The highest BCUT2D eigenvalue weighted by molar-refractivity contribution is 7.92. The fourth-order valence-corrected chi connectivity index (χ4v) is 3.45. The molecule has 23 heavy (non-hydrogen) atoms. The van der Waals surface area contributed by atoms with E-state index in [2.05, 4.69) is 9.71 Å². The van der Waals surface area contributed by atoms with E-state index in [9.17, 15) is 22.7 Å². The van der Waals surface area contributed by atoms with E-state index in [0.29, 0.717) is 5.39 Å². The number of carboxylic acids is 1. The van der Waals surface area contributed by atoms with Crippen molar-refractivity contribution < 1.29 is 22.7 Å². The third-order valence-electron chi connectivity index (χ3n) is 3.31. The fourth-order valence-electron chi connectivity index (χ4n) is 2.30. The minimum Gasteiger partial charge on any atom is -0.478 e. The van der Waals surface area contributed by atoms with E-state index in [-0.39, 0.29) is 16.8 Å². The maximum Gasteiger partial charge on any atom is 0.339 e. The standard InChI is InChI=1S/C15H11FN2O4S/c16-10-3-1-2-4-12(10)23(21,22)18-11-6-5-9-7-8-17-14(9)13(11)15(19)20/h1-8,17-18H,(H,19,20). The van der Waals surface area contributed by atoms with Gasteiger partial charge in [0.1, 0.15) is 16.3 Å². The van der Waals surface area contributed by atoms with Gasteiger partial charge in [-0.2, -0.15) is 0 Å². The first-order chi connectivity index (χ1) is 10.9. The zero-order valence-electron chi connectivity index (χ0n) is 11.6. The Bertz CT molecular complexity index is 1010. The second-order valence-electron chi connectivity index (χ2n) is 4.77. The minimum absolute atomic E-state index is 0.143. The van der Waals surface area contributed by atoms with Crippen molar-refractivity contribution in [3.63, 3.8) is 0 Å². The molecule has 6 nitrogen and oxygen atoms in total. The molecule has 3 rings (SSSR count). The number of halogens is 1. The summed E-state index contributed by atoms with van der Waals surface area (Å²) in [7, 11) is -4.25. The molecule has 0 unspecified atom stereocenters. The highest BCUT2D eigenvalue weighted by Crippen LogP contribution is 2.27. The molecule has 0 radical (unpaired) electrons. The molecular weight excluding hydrogens is 323 g/mol. The van der Waals surface area contributed by atoms with Crippen LogP contribution in [-0.4, -0.2) is 24.5 Å². The summed E-state index contributed by atoms with van der Waals surface area (Å²) in [6.45, 7) is 0. The van der Waals surface area contributed by atoms with Gasteiger partial charge >= 0.3 is 5.97 Å². The van der Waals surface area contributed by atoms with Crippen molar-refractivity contribution in [3.05, 3.63) is 60.0 Å². The SMILES string of the molecule is O=C(O)c1c(NS(=O)(=O)c2ccccc2F)ccc2cc[nH]c12. The second kappa shape index (κ2) is 5.40. The maximum absolute atomic E-state index is 13.7. The number of hydrogen-bond donors (Lipinski definition) is 3. The van der Waals surface area contributed by atoms with Gasteiger partial charge in [0.05, 0.1) is 11.2 Å². The van der Waals surface area contributed by atoms with E-state index in [4.69, 9.17) is 0 Å². The highest BCUT2D eigenvalue weighted by atomic mass is 32.2. The lowest BCUT2D eigenvalue weighted by Gasteiger charge is -2.12. The first kappa shape index (κ1) is 15.0. The van der Waals surface area contributed by atoms with E-state index in [0.717, 1.165) is 12.1 Å². The van der Waals surface area contributed by atoms with Crippen LogP contribution < -0.4 is 4.72 Å². The van der Waals surface area contributed by atoms with Crippen LogP contribution in [0.1, 0.15) is 10.4 Å². The normalized spacial score (nSPS) is 11.5. The van der Waals surface area contributed by atoms with Crippen LogP contribution in [0.2, 0.25) is 0 Å². The van der Waals surface area contributed by atoms with Crippen LogP contribution in [0.5, 0.6) is 0 Å². The number of aromatic carboxylic acids is 1. The molecule has 0 spiro atoms. The molecule has 0 fully saturated rings. The van der Waals surface area contributed by atoms with Gasteiger partial charge in [-0.1, -0.05) is 18.2 Å². The van der Waals surface area contributed by atoms with E-state index in [1.807, 2.05) is 0 Å². The van der Waals surface area contributed by atoms with Crippen LogP contribution in [0.4, 0.5) is 10.1 Å². The monoisotopic (exact) mass is 334 g/mol. The number of aromatic amines is 1. The van der Waals surface area contributed by atoms with Crippen molar-refractivity contribution >= 4 is 32.6 Å². The number of H-pyrrole nitrogens is 1. The van der Waals surface area contributed by atoms with Crippen LogP contribution in [-0.2, 0) is 10.0 Å². The summed E-state index contributed by atoms with van der Waals surface area (Å²) in [5.74, 6) is -2.22. The average Bonchev–Trinajstić information content (AvgIpc) is 2.94.